The minimum Gasteiger partial charge on any atom is -0.354 e. The third kappa shape index (κ3) is 6.15. The number of benzene rings is 1. The van der Waals surface area contributed by atoms with Crippen LogP contribution in [0.15, 0.2) is 30.3 Å². The van der Waals surface area contributed by atoms with Crippen LogP contribution in [0.1, 0.15) is 46.5 Å². The fourth-order valence-corrected chi connectivity index (χ4v) is 3.89. The van der Waals surface area contributed by atoms with Crippen molar-refractivity contribution in [3.63, 3.8) is 0 Å². The summed E-state index contributed by atoms with van der Waals surface area (Å²) in [4.78, 5) is 12.5. The Labute approximate surface area is 146 Å². The van der Waals surface area contributed by atoms with Gasteiger partial charge in [-0.2, -0.15) is 0 Å². The van der Waals surface area contributed by atoms with Gasteiger partial charge in [0.25, 0.3) is 0 Å². The molecule has 0 heterocycles. The molecule has 0 aliphatic heterocycles. The summed E-state index contributed by atoms with van der Waals surface area (Å²) in [6.45, 7) is 6.47. The van der Waals surface area contributed by atoms with E-state index in [9.17, 15) is 13.2 Å². The molecule has 5 nitrogen and oxygen atoms in total. The van der Waals surface area contributed by atoms with Crippen molar-refractivity contribution in [2.45, 2.75) is 52.5 Å². The van der Waals surface area contributed by atoms with Gasteiger partial charge in [0.15, 0.2) is 0 Å². The SMILES string of the molecule is CCCCC(CC)CNC(=O)C(C)N(c1ccccc1)S(C)(=O)=O. The fraction of sp³-hybridized carbons (Fsp3) is 0.611. The number of hydrogen-bond donors (Lipinski definition) is 1. The molecular weight excluding hydrogens is 324 g/mol. The predicted molar refractivity (Wildman–Crippen MR) is 99.5 cm³/mol. The van der Waals surface area contributed by atoms with Crippen molar-refractivity contribution >= 4 is 21.6 Å². The van der Waals surface area contributed by atoms with Crippen LogP contribution in [0, 0.1) is 5.92 Å². The highest BCUT2D eigenvalue weighted by molar-refractivity contribution is 7.92. The highest BCUT2D eigenvalue weighted by Crippen LogP contribution is 2.20. The van der Waals surface area contributed by atoms with E-state index in [2.05, 4.69) is 19.2 Å². The number of anilines is 1. The van der Waals surface area contributed by atoms with E-state index in [0.29, 0.717) is 18.2 Å². The number of amides is 1. The first-order chi connectivity index (χ1) is 11.3. The second-order valence-corrected chi connectivity index (χ2v) is 8.09. The monoisotopic (exact) mass is 354 g/mol. The molecule has 1 rings (SSSR count). The molecule has 0 saturated carbocycles. The summed E-state index contributed by atoms with van der Waals surface area (Å²) in [5, 5.41) is 2.92. The smallest absolute Gasteiger partial charge is 0.243 e. The van der Waals surface area contributed by atoms with Crippen molar-refractivity contribution in [2.75, 3.05) is 17.1 Å². The lowest BCUT2D eigenvalue weighted by molar-refractivity contribution is -0.122. The van der Waals surface area contributed by atoms with Gasteiger partial charge in [-0.3, -0.25) is 9.10 Å². The molecule has 1 aromatic rings. The van der Waals surface area contributed by atoms with Gasteiger partial charge in [-0.25, -0.2) is 8.42 Å². The maximum atomic E-state index is 12.5. The Morgan fingerprint density at radius 2 is 1.83 bits per heavy atom. The minimum absolute atomic E-state index is 0.265. The quantitative estimate of drug-likeness (QED) is 0.702. The molecule has 0 aromatic heterocycles. The summed E-state index contributed by atoms with van der Waals surface area (Å²) in [7, 11) is -3.55. The molecule has 136 valence electrons. The molecule has 2 unspecified atom stereocenters. The third-order valence-corrected chi connectivity index (χ3v) is 5.45. The normalized spacial score (nSPS) is 14.0. The van der Waals surface area contributed by atoms with Crippen LogP contribution in [0.25, 0.3) is 0 Å². The number of hydrogen-bond acceptors (Lipinski definition) is 3. The highest BCUT2D eigenvalue weighted by atomic mass is 32.2. The Morgan fingerprint density at radius 1 is 1.21 bits per heavy atom. The Bertz CT molecular complexity index is 602. The molecule has 0 fully saturated rings. The van der Waals surface area contributed by atoms with E-state index in [1.807, 2.05) is 6.07 Å². The number of carbonyl (C=O) groups is 1. The number of nitrogens with zero attached hydrogens (tertiary/aromatic N) is 1. The van der Waals surface area contributed by atoms with Crippen LogP contribution >= 0.6 is 0 Å². The van der Waals surface area contributed by atoms with Gasteiger partial charge in [0.1, 0.15) is 6.04 Å². The third-order valence-electron chi connectivity index (χ3n) is 4.21. The Hall–Kier alpha value is -1.56. The van der Waals surface area contributed by atoms with Gasteiger partial charge in [0, 0.05) is 6.54 Å². The van der Waals surface area contributed by atoms with Crippen LogP contribution in [0.4, 0.5) is 5.69 Å². The maximum absolute atomic E-state index is 12.5. The van der Waals surface area contributed by atoms with Gasteiger partial charge in [-0.1, -0.05) is 51.3 Å². The van der Waals surface area contributed by atoms with E-state index in [-0.39, 0.29) is 5.91 Å². The average Bonchev–Trinajstić information content (AvgIpc) is 2.54. The van der Waals surface area contributed by atoms with Gasteiger partial charge >= 0.3 is 0 Å². The van der Waals surface area contributed by atoms with E-state index in [1.165, 1.54) is 4.31 Å². The van der Waals surface area contributed by atoms with Gasteiger partial charge in [0.2, 0.25) is 15.9 Å². The average molecular weight is 355 g/mol. The number of carbonyl (C=O) groups excluding carboxylic acids is 1. The number of sulfonamides is 1. The lowest BCUT2D eigenvalue weighted by atomic mass is 9.99. The first-order valence-electron chi connectivity index (χ1n) is 8.63. The lowest BCUT2D eigenvalue weighted by Crippen LogP contribution is -2.48. The van der Waals surface area contributed by atoms with E-state index < -0.39 is 16.1 Å². The maximum Gasteiger partial charge on any atom is 0.243 e. The molecule has 0 bridgehead atoms. The number of unbranched alkanes of at least 4 members (excludes halogenated alkanes) is 1. The van der Waals surface area contributed by atoms with E-state index in [1.54, 1.807) is 31.2 Å². The van der Waals surface area contributed by atoms with Crippen molar-refractivity contribution in [1.29, 1.82) is 0 Å². The van der Waals surface area contributed by atoms with Gasteiger partial charge < -0.3 is 5.32 Å². The summed E-state index contributed by atoms with van der Waals surface area (Å²) in [5.74, 6) is 0.170. The summed E-state index contributed by atoms with van der Waals surface area (Å²) >= 11 is 0. The fourth-order valence-electron chi connectivity index (χ4n) is 2.72. The molecule has 0 radical (unpaired) electrons. The zero-order chi connectivity index (χ0) is 18.2. The van der Waals surface area contributed by atoms with Gasteiger partial charge in [0.05, 0.1) is 11.9 Å². The first kappa shape index (κ1) is 20.5. The van der Waals surface area contributed by atoms with E-state index in [4.69, 9.17) is 0 Å². The van der Waals surface area contributed by atoms with Crippen molar-refractivity contribution in [1.82, 2.24) is 5.32 Å². The minimum atomic E-state index is -3.55. The van der Waals surface area contributed by atoms with Crippen LogP contribution in [-0.4, -0.2) is 33.2 Å². The number of rotatable bonds is 10. The molecule has 0 aliphatic carbocycles. The Balaban J connectivity index is 2.80. The molecule has 0 spiro atoms. The van der Waals surface area contributed by atoms with Crippen molar-refractivity contribution in [3.05, 3.63) is 30.3 Å². The highest BCUT2D eigenvalue weighted by Gasteiger charge is 2.29. The largest absolute Gasteiger partial charge is 0.354 e. The molecule has 24 heavy (non-hydrogen) atoms. The zero-order valence-electron chi connectivity index (χ0n) is 15.2. The summed E-state index contributed by atoms with van der Waals surface area (Å²) in [6.07, 6.45) is 5.49. The molecule has 1 amide bonds. The van der Waals surface area contributed by atoms with Gasteiger partial charge in [-0.15, -0.1) is 0 Å². The summed E-state index contributed by atoms with van der Waals surface area (Å²) in [5.41, 5.74) is 0.501. The zero-order valence-corrected chi connectivity index (χ0v) is 16.0. The van der Waals surface area contributed by atoms with Crippen LogP contribution in [0.5, 0.6) is 0 Å². The van der Waals surface area contributed by atoms with E-state index >= 15 is 0 Å². The molecular formula is C18H30N2O3S. The van der Waals surface area contributed by atoms with Crippen LogP contribution in [0.2, 0.25) is 0 Å². The first-order valence-corrected chi connectivity index (χ1v) is 10.5. The molecule has 1 aromatic carbocycles. The number of para-hydroxylation sites is 1. The molecule has 0 aliphatic rings. The van der Waals surface area contributed by atoms with Crippen molar-refractivity contribution in [3.8, 4) is 0 Å². The van der Waals surface area contributed by atoms with Crippen LogP contribution in [0.3, 0.4) is 0 Å². The second-order valence-electron chi connectivity index (χ2n) is 6.23. The van der Waals surface area contributed by atoms with Crippen LogP contribution in [-0.2, 0) is 14.8 Å². The molecule has 1 N–H and O–H groups in total. The van der Waals surface area contributed by atoms with Crippen LogP contribution < -0.4 is 9.62 Å². The lowest BCUT2D eigenvalue weighted by Gasteiger charge is -2.28. The Kier molecular flexibility index (Phi) is 8.25. The van der Waals surface area contributed by atoms with E-state index in [0.717, 1.165) is 31.9 Å². The molecule has 0 saturated heterocycles. The second kappa shape index (κ2) is 9.67. The van der Waals surface area contributed by atoms with Crippen molar-refractivity contribution < 1.29 is 13.2 Å². The Morgan fingerprint density at radius 3 is 2.33 bits per heavy atom. The predicted octanol–water partition coefficient (Wildman–Crippen LogP) is 3.17. The van der Waals surface area contributed by atoms with Gasteiger partial charge in [-0.05, 0) is 31.4 Å². The summed E-state index contributed by atoms with van der Waals surface area (Å²) in [6, 6.07) is 7.94. The molecule has 2 atom stereocenters. The topological polar surface area (TPSA) is 66.5 Å². The standard InChI is InChI=1S/C18H30N2O3S/c1-5-7-11-16(6-2)14-19-18(21)15(3)20(24(4,22)23)17-12-9-8-10-13-17/h8-10,12-13,15-16H,5-7,11,14H2,1-4H3,(H,19,21). The van der Waals surface area contributed by atoms with Crippen molar-refractivity contribution in [2.24, 2.45) is 5.92 Å². The molecule has 6 heteroatoms. The summed E-state index contributed by atoms with van der Waals surface area (Å²) < 4.78 is 25.5. The number of nitrogens with one attached hydrogen (secondary N) is 1.